The van der Waals surface area contributed by atoms with Crippen LogP contribution in [0, 0.1) is 0 Å². The smallest absolute Gasteiger partial charge is 0.163 e. The lowest BCUT2D eigenvalue weighted by molar-refractivity contribution is -0.102. The van der Waals surface area contributed by atoms with Crippen LogP contribution in [0.25, 0.3) is 0 Å². The molecule has 0 spiro atoms. The molecule has 0 unspecified atom stereocenters. The Morgan fingerprint density at radius 3 is 2.50 bits per heavy atom. The SMILES string of the molecule is C=C/C=C(\C)N=C(C)C=O. The summed E-state index contributed by atoms with van der Waals surface area (Å²) < 4.78 is 0. The van der Waals surface area contributed by atoms with E-state index >= 15 is 0 Å². The molecule has 0 bridgehead atoms. The van der Waals surface area contributed by atoms with Crippen LogP contribution in [0.4, 0.5) is 0 Å². The predicted molar refractivity (Wildman–Crippen MR) is 43.1 cm³/mol. The van der Waals surface area contributed by atoms with Crippen LogP contribution in [0.3, 0.4) is 0 Å². The van der Waals surface area contributed by atoms with Gasteiger partial charge in [-0.1, -0.05) is 12.7 Å². The second-order valence-corrected chi connectivity index (χ2v) is 1.91. The van der Waals surface area contributed by atoms with E-state index in [1.54, 1.807) is 19.1 Å². The van der Waals surface area contributed by atoms with Crippen molar-refractivity contribution in [2.45, 2.75) is 13.8 Å². The quantitative estimate of drug-likeness (QED) is 0.331. The first-order valence-corrected chi connectivity index (χ1v) is 3.00. The third kappa shape index (κ3) is 3.78. The molecule has 0 aliphatic carbocycles. The van der Waals surface area contributed by atoms with Gasteiger partial charge in [-0.2, -0.15) is 0 Å². The van der Waals surface area contributed by atoms with Gasteiger partial charge in [-0.3, -0.25) is 9.79 Å². The van der Waals surface area contributed by atoms with Crippen LogP contribution in [0.15, 0.2) is 29.4 Å². The largest absolute Gasteiger partial charge is 0.297 e. The van der Waals surface area contributed by atoms with E-state index in [4.69, 9.17) is 0 Å². The molecule has 0 aromatic carbocycles. The molecule has 0 rings (SSSR count). The Bertz CT molecular complexity index is 189. The number of carbonyl (C=O) groups is 1. The Balaban J connectivity index is 4.24. The minimum absolute atomic E-state index is 0.482. The van der Waals surface area contributed by atoms with E-state index in [2.05, 4.69) is 11.6 Å². The summed E-state index contributed by atoms with van der Waals surface area (Å²) in [6.45, 7) is 6.97. The lowest BCUT2D eigenvalue weighted by Gasteiger charge is -1.88. The number of aliphatic imine (C=N–C) groups is 1. The number of nitrogens with zero attached hydrogens (tertiary/aromatic N) is 1. The van der Waals surface area contributed by atoms with Crippen molar-refractivity contribution in [2.24, 2.45) is 4.99 Å². The van der Waals surface area contributed by atoms with Gasteiger partial charge in [0.05, 0.1) is 5.71 Å². The predicted octanol–water partition coefficient (Wildman–Crippen LogP) is 1.74. The molecular weight excluding hydrogens is 126 g/mol. The molecule has 0 heterocycles. The Morgan fingerprint density at radius 1 is 1.50 bits per heavy atom. The molecular formula is C8H11NO. The number of hydrogen-bond donors (Lipinski definition) is 0. The van der Waals surface area contributed by atoms with Crippen LogP contribution in [0.5, 0.6) is 0 Å². The standard InChI is InChI=1S/C8H11NO/c1-4-5-7(2)9-8(3)6-10/h4-6H,1H2,2-3H3/b7-5+,9-8?. The van der Waals surface area contributed by atoms with Crippen molar-refractivity contribution in [2.75, 3.05) is 0 Å². The van der Waals surface area contributed by atoms with Crippen LogP contribution in [-0.4, -0.2) is 12.0 Å². The van der Waals surface area contributed by atoms with Gasteiger partial charge in [0.1, 0.15) is 0 Å². The van der Waals surface area contributed by atoms with E-state index in [-0.39, 0.29) is 0 Å². The van der Waals surface area contributed by atoms with Crippen molar-refractivity contribution >= 4 is 12.0 Å². The third-order valence-electron chi connectivity index (χ3n) is 0.882. The number of carbonyl (C=O) groups excluding carboxylic acids is 1. The van der Waals surface area contributed by atoms with Gasteiger partial charge in [0.2, 0.25) is 0 Å². The van der Waals surface area contributed by atoms with Crippen molar-refractivity contribution in [1.82, 2.24) is 0 Å². The molecule has 0 aromatic rings. The molecule has 0 saturated heterocycles. The second-order valence-electron chi connectivity index (χ2n) is 1.91. The van der Waals surface area contributed by atoms with E-state index in [0.717, 1.165) is 12.0 Å². The zero-order valence-corrected chi connectivity index (χ0v) is 6.29. The van der Waals surface area contributed by atoms with Gasteiger partial charge in [0.15, 0.2) is 6.29 Å². The topological polar surface area (TPSA) is 29.4 Å². The minimum Gasteiger partial charge on any atom is -0.297 e. The van der Waals surface area contributed by atoms with Crippen LogP contribution in [-0.2, 0) is 4.79 Å². The van der Waals surface area contributed by atoms with Crippen LogP contribution < -0.4 is 0 Å². The average molecular weight is 137 g/mol. The molecule has 0 aromatic heterocycles. The van der Waals surface area contributed by atoms with Crippen LogP contribution in [0.2, 0.25) is 0 Å². The Labute approximate surface area is 61.0 Å². The fraction of sp³-hybridized carbons (Fsp3) is 0.250. The van der Waals surface area contributed by atoms with E-state index in [0.29, 0.717) is 5.71 Å². The summed E-state index contributed by atoms with van der Waals surface area (Å²) in [6, 6.07) is 0. The first kappa shape index (κ1) is 8.82. The summed E-state index contributed by atoms with van der Waals surface area (Å²) in [5.74, 6) is 0. The van der Waals surface area contributed by atoms with Crippen molar-refractivity contribution in [3.05, 3.63) is 24.4 Å². The maximum absolute atomic E-state index is 10.1. The Hall–Kier alpha value is -1.18. The molecule has 2 heteroatoms. The molecule has 0 aliphatic rings. The molecule has 0 amide bonds. The summed E-state index contributed by atoms with van der Waals surface area (Å²) in [7, 11) is 0. The highest BCUT2D eigenvalue weighted by Gasteiger charge is 1.84. The van der Waals surface area contributed by atoms with Gasteiger partial charge >= 0.3 is 0 Å². The zero-order chi connectivity index (χ0) is 7.98. The fourth-order valence-corrected chi connectivity index (χ4v) is 0.512. The number of allylic oxidation sites excluding steroid dienone is 3. The monoisotopic (exact) mass is 137 g/mol. The van der Waals surface area contributed by atoms with Crippen molar-refractivity contribution in [3.63, 3.8) is 0 Å². The average Bonchev–Trinajstić information content (AvgIpc) is 1.88. The summed E-state index contributed by atoms with van der Waals surface area (Å²) in [6.07, 6.45) is 4.10. The molecule has 0 aliphatic heterocycles. The zero-order valence-electron chi connectivity index (χ0n) is 6.29. The molecule has 0 radical (unpaired) electrons. The molecule has 0 fully saturated rings. The van der Waals surface area contributed by atoms with Crippen molar-refractivity contribution < 1.29 is 4.79 Å². The maximum atomic E-state index is 10.1. The number of hydrogen-bond acceptors (Lipinski definition) is 2. The highest BCUT2D eigenvalue weighted by molar-refractivity contribution is 6.27. The summed E-state index contributed by atoms with van der Waals surface area (Å²) in [5, 5.41) is 0. The molecule has 0 atom stereocenters. The first-order valence-electron chi connectivity index (χ1n) is 3.00. The Kier molecular flexibility index (Phi) is 4.12. The summed E-state index contributed by atoms with van der Waals surface area (Å²) in [4.78, 5) is 14.0. The Morgan fingerprint density at radius 2 is 2.10 bits per heavy atom. The molecule has 10 heavy (non-hydrogen) atoms. The normalized spacial score (nSPS) is 13.0. The van der Waals surface area contributed by atoms with Gasteiger partial charge in [-0.05, 0) is 19.9 Å². The van der Waals surface area contributed by atoms with Gasteiger partial charge in [0.25, 0.3) is 0 Å². The second kappa shape index (κ2) is 4.68. The van der Waals surface area contributed by atoms with Gasteiger partial charge in [0, 0.05) is 5.70 Å². The van der Waals surface area contributed by atoms with Crippen LogP contribution in [0.1, 0.15) is 13.8 Å². The highest BCUT2D eigenvalue weighted by atomic mass is 16.1. The van der Waals surface area contributed by atoms with Crippen molar-refractivity contribution in [1.29, 1.82) is 0 Å². The van der Waals surface area contributed by atoms with E-state index in [9.17, 15) is 4.79 Å². The summed E-state index contributed by atoms with van der Waals surface area (Å²) in [5.41, 5.74) is 1.27. The lowest BCUT2D eigenvalue weighted by atomic mass is 10.4. The fourth-order valence-electron chi connectivity index (χ4n) is 0.512. The molecule has 0 N–H and O–H groups in total. The first-order chi connectivity index (χ1) is 4.70. The van der Waals surface area contributed by atoms with E-state index < -0.39 is 0 Å². The van der Waals surface area contributed by atoms with Crippen molar-refractivity contribution in [3.8, 4) is 0 Å². The number of aldehydes is 1. The highest BCUT2D eigenvalue weighted by Crippen LogP contribution is 1.94. The molecule has 54 valence electrons. The van der Waals surface area contributed by atoms with E-state index in [1.807, 2.05) is 6.92 Å². The third-order valence-corrected chi connectivity index (χ3v) is 0.882. The lowest BCUT2D eigenvalue weighted by Crippen LogP contribution is -1.90. The van der Waals surface area contributed by atoms with Crippen LogP contribution >= 0.6 is 0 Å². The van der Waals surface area contributed by atoms with Gasteiger partial charge in [-0.15, -0.1) is 0 Å². The summed E-state index contributed by atoms with van der Waals surface area (Å²) >= 11 is 0. The molecule has 2 nitrogen and oxygen atoms in total. The van der Waals surface area contributed by atoms with Gasteiger partial charge in [-0.25, -0.2) is 0 Å². The maximum Gasteiger partial charge on any atom is 0.163 e. The molecule has 0 saturated carbocycles. The minimum atomic E-state index is 0.482. The number of rotatable bonds is 3. The van der Waals surface area contributed by atoms with E-state index in [1.165, 1.54) is 0 Å². The van der Waals surface area contributed by atoms with Gasteiger partial charge < -0.3 is 0 Å².